The number of nitrogens with zero attached hydrogens (tertiary/aromatic N) is 5. The Bertz CT molecular complexity index is 2770. The van der Waals surface area contributed by atoms with Crippen molar-refractivity contribution in [1.29, 1.82) is 0 Å². The topological polar surface area (TPSA) is 318 Å². The predicted octanol–water partition coefficient (Wildman–Crippen LogP) is 1.64. The van der Waals surface area contributed by atoms with Gasteiger partial charge in [-0.25, -0.2) is 0 Å². The lowest BCUT2D eigenvalue weighted by atomic mass is 9.97. The summed E-state index contributed by atoms with van der Waals surface area (Å²) in [6.45, 7) is 18.4. The molecule has 2 aliphatic rings. The van der Waals surface area contributed by atoms with Gasteiger partial charge in [-0.05, 0) is 102 Å². The van der Waals surface area contributed by atoms with E-state index in [-0.39, 0.29) is 56.5 Å². The summed E-state index contributed by atoms with van der Waals surface area (Å²) in [5.41, 5.74) is 0.496. The monoisotopic (exact) mass is 1270 g/mol. The van der Waals surface area contributed by atoms with Crippen molar-refractivity contribution >= 4 is 65.0 Å². The van der Waals surface area contributed by atoms with Crippen LogP contribution in [-0.2, 0) is 70.3 Å². The van der Waals surface area contributed by atoms with Gasteiger partial charge < -0.3 is 66.2 Å². The Morgan fingerprint density at radius 1 is 0.549 bits per heavy atom. The summed E-state index contributed by atoms with van der Waals surface area (Å²) in [6.07, 6.45) is -0.436. The second-order valence-corrected chi connectivity index (χ2v) is 26.5. The zero-order chi connectivity index (χ0) is 68.0. The van der Waals surface area contributed by atoms with Gasteiger partial charge in [0.1, 0.15) is 48.3 Å². The number of hydrogen-bond acceptors (Lipinski definition) is 14. The fraction of sp³-hybridized carbons (Fsp3) is 0.652. The van der Waals surface area contributed by atoms with Crippen molar-refractivity contribution in [3.05, 3.63) is 71.8 Å². The highest BCUT2D eigenvalue weighted by Gasteiger charge is 2.41. The van der Waals surface area contributed by atoms with Crippen LogP contribution < -0.4 is 37.2 Å². The molecule has 0 aromatic heterocycles. The molecular weight excluding hydrogens is 1170 g/mol. The van der Waals surface area contributed by atoms with E-state index < -0.39 is 151 Å². The summed E-state index contributed by atoms with van der Waals surface area (Å²) in [5.74, 6) is -8.55. The third-order valence-corrected chi connectivity index (χ3v) is 16.3. The zero-order valence-electron chi connectivity index (χ0n) is 56.3. The van der Waals surface area contributed by atoms with Crippen LogP contribution in [0.15, 0.2) is 60.7 Å². The molecule has 2 heterocycles. The number of hydrogen-bond donors (Lipinski definition) is 8. The summed E-state index contributed by atoms with van der Waals surface area (Å²) in [4.78, 5) is 166. The minimum atomic E-state index is -1.65. The molecule has 25 heteroatoms. The number of ether oxygens (including phenoxy) is 1. The number of benzene rings is 2. The van der Waals surface area contributed by atoms with E-state index in [0.29, 0.717) is 37.1 Å². The Morgan fingerprint density at radius 3 is 1.58 bits per heavy atom. The van der Waals surface area contributed by atoms with E-state index in [9.17, 15) is 53.1 Å². The quantitative estimate of drug-likeness (QED) is 0.133. The van der Waals surface area contributed by atoms with Crippen molar-refractivity contribution in [1.82, 2.24) is 61.7 Å². The van der Waals surface area contributed by atoms with E-state index in [1.54, 1.807) is 93.3 Å². The molecule has 11 amide bonds. The first kappa shape index (κ1) is 75.9. The van der Waals surface area contributed by atoms with Crippen LogP contribution in [0.5, 0.6) is 0 Å². The molecule has 10 atom stereocenters. The molecule has 4 rings (SSSR count). The van der Waals surface area contributed by atoms with Crippen LogP contribution >= 0.6 is 0 Å². The van der Waals surface area contributed by atoms with Gasteiger partial charge in [0.2, 0.25) is 65.0 Å². The Labute approximate surface area is 538 Å². The first-order valence-electron chi connectivity index (χ1n) is 31.9. The summed E-state index contributed by atoms with van der Waals surface area (Å²) >= 11 is 0. The van der Waals surface area contributed by atoms with Gasteiger partial charge in [0.25, 0.3) is 0 Å². The number of nitrogens with one attached hydrogen (secondary N) is 7. The highest BCUT2D eigenvalue weighted by atomic mass is 16.5. The molecule has 2 aromatic carbocycles. The van der Waals surface area contributed by atoms with Crippen LogP contribution in [0.4, 0.5) is 0 Å². The van der Waals surface area contributed by atoms with Gasteiger partial charge in [-0.3, -0.25) is 58.1 Å². The Kier molecular flexibility index (Phi) is 30.0. The van der Waals surface area contributed by atoms with Gasteiger partial charge in [0.05, 0.1) is 44.0 Å². The smallest absolute Gasteiger partial charge is 0.246 e. The molecule has 8 N–H and O–H groups in total. The second-order valence-electron chi connectivity index (χ2n) is 26.5. The number of carbonyl (C=O) groups excluding carboxylic acids is 11. The summed E-state index contributed by atoms with van der Waals surface area (Å²) < 4.78 is 6.09. The van der Waals surface area contributed by atoms with Crippen molar-refractivity contribution in [3.63, 3.8) is 0 Å². The molecule has 2 aliphatic heterocycles. The van der Waals surface area contributed by atoms with Crippen LogP contribution in [0.25, 0.3) is 0 Å². The molecule has 0 aliphatic carbocycles. The van der Waals surface area contributed by atoms with Crippen LogP contribution in [0.1, 0.15) is 132 Å². The lowest BCUT2D eigenvalue weighted by molar-refractivity contribution is -0.148. The third kappa shape index (κ3) is 24.2. The third-order valence-electron chi connectivity index (χ3n) is 16.3. The standard InChI is InChI=1S/C66H104N12O13/c1-40(2)31-47-58(83)72-50(39-91-66(9,10)11)59(84)71-49(64(89)78-29-23-18-24-30-78)36-55(81)74(12)44(8)67-37-54(80)69-48(34-45-25-19-16-20-26-45)63(88)76(14)52(33-42(5)6)61(86)73-57(43(7)79)62(87)68-38-56(82)75(13)53(35-46-27-21-17-22-28-46)65(90)77(15)51(32-41(3)4)60(85)70-47/h16-17,19-22,25-28,40-44,47-53,57,67,79H,18,23-24,29-39H2,1-15H3,(H,68,87)(H,69,80)(H,70,85)(H,71,84)(H,72,83)(H,73,86)/t43-,44?,47+,48+,49?,50+,51+,52+,53+,57+/m1/s1. The first-order valence-corrected chi connectivity index (χ1v) is 31.9. The van der Waals surface area contributed by atoms with Crippen molar-refractivity contribution in [2.75, 3.05) is 61.0 Å². The molecule has 2 aromatic rings. The van der Waals surface area contributed by atoms with Crippen molar-refractivity contribution in [2.24, 2.45) is 17.8 Å². The highest BCUT2D eigenvalue weighted by molar-refractivity contribution is 5.99. The van der Waals surface area contributed by atoms with Gasteiger partial charge >= 0.3 is 0 Å². The molecule has 506 valence electrons. The van der Waals surface area contributed by atoms with E-state index in [0.717, 1.165) is 11.3 Å². The number of amides is 11. The van der Waals surface area contributed by atoms with Gasteiger partial charge in [-0.2, -0.15) is 0 Å². The van der Waals surface area contributed by atoms with E-state index >= 15 is 4.79 Å². The van der Waals surface area contributed by atoms with Gasteiger partial charge in [-0.15, -0.1) is 0 Å². The van der Waals surface area contributed by atoms with E-state index in [4.69, 9.17) is 4.74 Å². The average molecular weight is 1270 g/mol. The second kappa shape index (κ2) is 35.9. The Morgan fingerprint density at radius 2 is 1.05 bits per heavy atom. The van der Waals surface area contributed by atoms with Crippen LogP contribution in [0.3, 0.4) is 0 Å². The number of carbonyl (C=O) groups is 11. The predicted molar refractivity (Wildman–Crippen MR) is 344 cm³/mol. The maximum atomic E-state index is 15.1. The fourth-order valence-electron chi connectivity index (χ4n) is 10.8. The molecule has 0 spiro atoms. The lowest BCUT2D eigenvalue weighted by Gasteiger charge is -2.36. The first-order chi connectivity index (χ1) is 42.7. The molecule has 0 bridgehead atoms. The van der Waals surface area contributed by atoms with Crippen LogP contribution in [-0.4, -0.2) is 222 Å². The molecular formula is C66H104N12O13. The number of likely N-dealkylation sites (N-methyl/N-ethyl adjacent to an activating group) is 3. The number of likely N-dealkylation sites (tertiary alicyclic amines) is 1. The molecule has 2 fully saturated rings. The molecule has 91 heavy (non-hydrogen) atoms. The minimum Gasteiger partial charge on any atom is -0.391 e. The van der Waals surface area contributed by atoms with Gasteiger partial charge in [0, 0.05) is 54.1 Å². The fourth-order valence-corrected chi connectivity index (χ4v) is 10.8. The summed E-state index contributed by atoms with van der Waals surface area (Å²) in [6, 6.07) is 6.88. The highest BCUT2D eigenvalue weighted by Crippen LogP contribution is 2.21. The zero-order valence-corrected chi connectivity index (χ0v) is 56.3. The maximum Gasteiger partial charge on any atom is 0.246 e. The molecule has 0 saturated carbocycles. The van der Waals surface area contributed by atoms with Crippen LogP contribution in [0, 0.1) is 17.8 Å². The molecule has 2 saturated heterocycles. The number of aliphatic hydroxyl groups is 1. The lowest BCUT2D eigenvalue weighted by Crippen LogP contribution is -2.61. The normalized spacial score (nSPS) is 25.2. The number of rotatable bonds is 14. The van der Waals surface area contributed by atoms with E-state index in [2.05, 4.69) is 37.2 Å². The van der Waals surface area contributed by atoms with Crippen LogP contribution in [0.2, 0.25) is 0 Å². The van der Waals surface area contributed by atoms with Crippen molar-refractivity contribution < 1.29 is 62.6 Å². The molecule has 25 nitrogen and oxygen atoms in total. The minimum absolute atomic E-state index is 0.00786. The summed E-state index contributed by atoms with van der Waals surface area (Å²) in [7, 11) is 5.66. The Hall–Kier alpha value is -7.51. The van der Waals surface area contributed by atoms with Crippen molar-refractivity contribution in [3.8, 4) is 0 Å². The summed E-state index contributed by atoms with van der Waals surface area (Å²) in [5, 5.41) is 30.3. The SMILES string of the molecule is CC(C)C[C@@H]1NC(=O)[C@H](CC(C)C)N(C)C(=O)[C@H](Cc2ccccc2)N(C)C(=O)CNC(=O)[C@H]([C@@H](C)O)NC(=O)[C@H](CC(C)C)N(C)C(=O)[C@H](Cc2ccccc2)NC(=O)CNC(C)N(C)C(=O)CC(C(=O)N2CCCCC2)NC(=O)[C@H](COC(C)(C)C)NC1=O. The van der Waals surface area contributed by atoms with E-state index in [1.807, 2.05) is 41.5 Å². The van der Waals surface area contributed by atoms with Gasteiger partial charge in [0.15, 0.2) is 0 Å². The van der Waals surface area contributed by atoms with Crippen molar-refractivity contribution in [2.45, 2.75) is 200 Å². The maximum absolute atomic E-state index is 15.1. The largest absolute Gasteiger partial charge is 0.391 e. The average Bonchev–Trinajstić information content (AvgIpc) is 1.39. The number of aliphatic hydroxyl groups excluding tert-OH is 1. The number of piperidine rings is 1. The molecule has 2 unspecified atom stereocenters. The Balaban J connectivity index is 1.86. The van der Waals surface area contributed by atoms with E-state index in [1.165, 1.54) is 49.8 Å². The molecule has 0 radical (unpaired) electrons. The van der Waals surface area contributed by atoms with Gasteiger partial charge in [-0.1, -0.05) is 102 Å².